The predicted molar refractivity (Wildman–Crippen MR) is 98.5 cm³/mol. The van der Waals surface area contributed by atoms with Crippen LogP contribution in [0.25, 0.3) is 0 Å². The number of hydrogen-bond acceptors (Lipinski definition) is 2. The number of halogens is 1. The summed E-state index contributed by atoms with van der Waals surface area (Å²) >= 11 is 11.8. The summed E-state index contributed by atoms with van der Waals surface area (Å²) < 4.78 is 0. The lowest BCUT2D eigenvalue weighted by atomic mass is 9.96. The summed E-state index contributed by atoms with van der Waals surface area (Å²) in [5.74, 6) is 0. The van der Waals surface area contributed by atoms with Gasteiger partial charge in [0, 0.05) is 17.6 Å². The second kappa shape index (κ2) is 8.70. The second-order valence-corrected chi connectivity index (χ2v) is 7.01. The van der Waals surface area contributed by atoms with E-state index in [0.717, 1.165) is 22.2 Å². The van der Waals surface area contributed by atoms with Crippen molar-refractivity contribution in [1.29, 1.82) is 0 Å². The zero-order valence-electron chi connectivity index (χ0n) is 13.4. The summed E-state index contributed by atoms with van der Waals surface area (Å²) in [5.41, 5.74) is 1.13. The Hall–Kier alpha value is -0.840. The molecule has 122 valence electrons. The molecule has 0 radical (unpaired) electrons. The van der Waals surface area contributed by atoms with Crippen molar-refractivity contribution >= 4 is 28.9 Å². The summed E-state index contributed by atoms with van der Waals surface area (Å²) in [6.07, 6.45) is 6.42. The third kappa shape index (κ3) is 5.11. The van der Waals surface area contributed by atoms with E-state index in [1.807, 2.05) is 18.2 Å². The van der Waals surface area contributed by atoms with Crippen molar-refractivity contribution in [2.45, 2.75) is 44.2 Å². The first kappa shape index (κ1) is 17.5. The fourth-order valence-corrected chi connectivity index (χ4v) is 3.50. The Morgan fingerprint density at radius 1 is 1.27 bits per heavy atom. The molecule has 0 aliphatic heterocycles. The van der Waals surface area contributed by atoms with Crippen LogP contribution in [0.3, 0.4) is 0 Å². The summed E-state index contributed by atoms with van der Waals surface area (Å²) in [6.45, 7) is 0.745. The van der Waals surface area contributed by atoms with E-state index in [1.165, 1.54) is 32.1 Å². The Labute approximate surface area is 144 Å². The maximum Gasteiger partial charge on any atom is 0.166 e. The molecule has 0 aromatic heterocycles. The van der Waals surface area contributed by atoms with Crippen LogP contribution in [-0.2, 0) is 0 Å². The Morgan fingerprint density at radius 3 is 2.59 bits per heavy atom. The van der Waals surface area contributed by atoms with Gasteiger partial charge in [0.25, 0.3) is 0 Å². The molecule has 0 heterocycles. The average Bonchev–Trinajstić information content (AvgIpc) is 2.50. The van der Waals surface area contributed by atoms with Gasteiger partial charge < -0.3 is 15.5 Å². The van der Waals surface area contributed by atoms with Gasteiger partial charge in [0.15, 0.2) is 5.11 Å². The second-order valence-electron chi connectivity index (χ2n) is 6.19. The molecule has 3 nitrogen and oxygen atoms in total. The molecule has 0 unspecified atom stereocenters. The van der Waals surface area contributed by atoms with Gasteiger partial charge in [-0.25, -0.2) is 0 Å². The van der Waals surface area contributed by atoms with Gasteiger partial charge in [-0.3, -0.25) is 0 Å². The van der Waals surface area contributed by atoms with Gasteiger partial charge in [-0.2, -0.15) is 0 Å². The first-order chi connectivity index (χ1) is 10.6. The fourth-order valence-electron chi connectivity index (χ4n) is 2.99. The Kier molecular flexibility index (Phi) is 6.93. The number of nitrogens with zero attached hydrogens (tertiary/aromatic N) is 1. The lowest BCUT2D eigenvalue weighted by Crippen LogP contribution is -2.45. The normalized spacial score (nSPS) is 17.3. The fraction of sp³-hybridized carbons (Fsp3) is 0.588. The van der Waals surface area contributed by atoms with E-state index in [0.29, 0.717) is 6.04 Å². The lowest BCUT2D eigenvalue weighted by Gasteiger charge is -2.28. The number of thiocarbonyl (C=S) groups is 1. The van der Waals surface area contributed by atoms with Crippen molar-refractivity contribution in [3.05, 3.63) is 34.9 Å². The highest BCUT2D eigenvalue weighted by molar-refractivity contribution is 7.80. The molecule has 1 aromatic rings. The van der Waals surface area contributed by atoms with Crippen molar-refractivity contribution < 1.29 is 0 Å². The minimum atomic E-state index is 0.194. The zero-order chi connectivity index (χ0) is 15.9. The highest BCUT2D eigenvalue weighted by Crippen LogP contribution is 2.25. The van der Waals surface area contributed by atoms with E-state index in [1.54, 1.807) is 0 Å². The molecule has 1 aliphatic carbocycles. The van der Waals surface area contributed by atoms with Crippen molar-refractivity contribution in [2.75, 3.05) is 20.6 Å². The molecule has 2 rings (SSSR count). The number of rotatable bonds is 5. The third-order valence-corrected chi connectivity index (χ3v) is 4.89. The van der Waals surface area contributed by atoms with Gasteiger partial charge in [-0.1, -0.05) is 49.1 Å². The molecule has 2 N–H and O–H groups in total. The van der Waals surface area contributed by atoms with E-state index in [2.05, 4.69) is 35.7 Å². The Bertz CT molecular complexity index is 487. The van der Waals surface area contributed by atoms with Crippen LogP contribution >= 0.6 is 23.8 Å². The highest BCUT2D eigenvalue weighted by Gasteiger charge is 2.18. The molecule has 0 amide bonds. The number of benzene rings is 1. The zero-order valence-corrected chi connectivity index (χ0v) is 15.0. The Morgan fingerprint density at radius 2 is 1.95 bits per heavy atom. The topological polar surface area (TPSA) is 27.3 Å². The number of nitrogens with one attached hydrogen (secondary N) is 2. The molecule has 1 atom stereocenters. The van der Waals surface area contributed by atoms with Crippen LogP contribution in [-0.4, -0.2) is 36.7 Å². The van der Waals surface area contributed by atoms with Gasteiger partial charge in [-0.15, -0.1) is 0 Å². The van der Waals surface area contributed by atoms with Gasteiger partial charge in [0.2, 0.25) is 0 Å². The van der Waals surface area contributed by atoms with E-state index in [4.69, 9.17) is 23.8 Å². The Balaban J connectivity index is 1.89. The molecule has 0 bridgehead atoms. The van der Waals surface area contributed by atoms with Crippen LogP contribution in [0.5, 0.6) is 0 Å². The SMILES string of the molecule is CN(C)[C@@H](CNC(=S)NC1CCCCC1)c1ccccc1Cl. The first-order valence-corrected chi connectivity index (χ1v) is 8.81. The molecular weight excluding hydrogens is 314 g/mol. The van der Waals surface area contributed by atoms with Crippen molar-refractivity contribution in [3.63, 3.8) is 0 Å². The van der Waals surface area contributed by atoms with Gasteiger partial charge >= 0.3 is 0 Å². The van der Waals surface area contributed by atoms with Crippen molar-refractivity contribution in [3.8, 4) is 0 Å². The molecule has 22 heavy (non-hydrogen) atoms. The number of likely N-dealkylation sites (N-methyl/N-ethyl adjacent to an activating group) is 1. The molecule has 0 saturated heterocycles. The highest BCUT2D eigenvalue weighted by atomic mass is 35.5. The molecular formula is C17H26ClN3S. The van der Waals surface area contributed by atoms with Gasteiger partial charge in [-0.05, 0) is 50.8 Å². The van der Waals surface area contributed by atoms with E-state index in [9.17, 15) is 0 Å². The molecule has 1 fully saturated rings. The quantitative estimate of drug-likeness (QED) is 0.799. The third-order valence-electron chi connectivity index (χ3n) is 4.28. The largest absolute Gasteiger partial charge is 0.361 e. The van der Waals surface area contributed by atoms with E-state index >= 15 is 0 Å². The van der Waals surface area contributed by atoms with Crippen LogP contribution in [0, 0.1) is 0 Å². The molecule has 1 aromatic carbocycles. The van der Waals surface area contributed by atoms with Crippen molar-refractivity contribution in [2.24, 2.45) is 0 Å². The maximum absolute atomic E-state index is 6.33. The summed E-state index contributed by atoms with van der Waals surface area (Å²) in [4.78, 5) is 2.16. The minimum Gasteiger partial charge on any atom is -0.361 e. The van der Waals surface area contributed by atoms with Gasteiger partial charge in [0.1, 0.15) is 0 Å². The van der Waals surface area contributed by atoms with Crippen LogP contribution < -0.4 is 10.6 Å². The maximum atomic E-state index is 6.33. The van der Waals surface area contributed by atoms with Crippen molar-refractivity contribution in [1.82, 2.24) is 15.5 Å². The van der Waals surface area contributed by atoms with Crippen LogP contribution in [0.4, 0.5) is 0 Å². The summed E-state index contributed by atoms with van der Waals surface area (Å²) in [5, 5.41) is 8.36. The molecule has 0 spiro atoms. The van der Waals surface area contributed by atoms with Crippen LogP contribution in [0.15, 0.2) is 24.3 Å². The molecule has 5 heteroatoms. The van der Waals surface area contributed by atoms with Gasteiger partial charge in [0.05, 0.1) is 6.04 Å². The number of hydrogen-bond donors (Lipinski definition) is 2. The molecule has 1 aliphatic rings. The first-order valence-electron chi connectivity index (χ1n) is 8.03. The monoisotopic (exact) mass is 339 g/mol. The standard InChI is InChI=1S/C17H26ClN3S/c1-21(2)16(14-10-6-7-11-15(14)18)12-19-17(22)20-13-8-4-3-5-9-13/h6-7,10-11,13,16H,3-5,8-9,12H2,1-2H3,(H2,19,20,22)/t16-/m0/s1. The minimum absolute atomic E-state index is 0.194. The van der Waals surface area contributed by atoms with E-state index < -0.39 is 0 Å². The average molecular weight is 340 g/mol. The smallest absolute Gasteiger partial charge is 0.166 e. The summed E-state index contributed by atoms with van der Waals surface area (Å²) in [7, 11) is 4.13. The lowest BCUT2D eigenvalue weighted by molar-refractivity contribution is 0.298. The molecule has 1 saturated carbocycles. The van der Waals surface area contributed by atoms with E-state index in [-0.39, 0.29) is 6.04 Å². The van der Waals surface area contributed by atoms with Crippen LogP contribution in [0.1, 0.15) is 43.7 Å². The van der Waals surface area contributed by atoms with Crippen LogP contribution in [0.2, 0.25) is 5.02 Å². The predicted octanol–water partition coefficient (Wildman–Crippen LogP) is 3.74. The summed E-state index contributed by atoms with van der Waals surface area (Å²) in [6, 6.07) is 8.72.